The van der Waals surface area contributed by atoms with Crippen molar-refractivity contribution in [3.8, 4) is 6.07 Å². The van der Waals surface area contributed by atoms with Gasteiger partial charge in [-0.3, -0.25) is 5.32 Å². The molecule has 5 nitrogen and oxygen atoms in total. The van der Waals surface area contributed by atoms with Gasteiger partial charge in [0, 0.05) is 12.6 Å². The maximum Gasteiger partial charge on any atom is 0.407 e. The number of hydrogen-bond donors (Lipinski definition) is 2. The maximum absolute atomic E-state index is 11.7. The van der Waals surface area contributed by atoms with Crippen molar-refractivity contribution >= 4 is 6.09 Å². The Bertz CT molecular complexity index is 503. The van der Waals surface area contributed by atoms with E-state index in [4.69, 9.17) is 4.74 Å². The van der Waals surface area contributed by atoms with E-state index in [0.717, 1.165) is 5.56 Å². The molecule has 0 aliphatic heterocycles. The summed E-state index contributed by atoms with van der Waals surface area (Å²) in [6, 6.07) is 11.6. The Morgan fingerprint density at radius 1 is 1.32 bits per heavy atom. The smallest absolute Gasteiger partial charge is 0.407 e. The van der Waals surface area contributed by atoms with Gasteiger partial charge in [-0.2, -0.15) is 5.26 Å². The van der Waals surface area contributed by atoms with E-state index in [2.05, 4.69) is 16.7 Å². The largest absolute Gasteiger partial charge is 0.444 e. The molecule has 0 saturated carbocycles. The molecule has 0 spiro atoms. The van der Waals surface area contributed by atoms with Crippen LogP contribution in [0.1, 0.15) is 39.7 Å². The Morgan fingerprint density at radius 3 is 2.50 bits per heavy atom. The third-order valence-electron chi connectivity index (χ3n) is 2.90. The van der Waals surface area contributed by atoms with Gasteiger partial charge in [-0.05, 0) is 39.7 Å². The molecule has 22 heavy (non-hydrogen) atoms. The number of carbonyl (C=O) groups excluding carboxylic acids is 1. The Kier molecular flexibility index (Phi) is 6.87. The van der Waals surface area contributed by atoms with Crippen LogP contribution < -0.4 is 10.6 Å². The van der Waals surface area contributed by atoms with Gasteiger partial charge in [0.2, 0.25) is 0 Å². The third kappa shape index (κ3) is 7.65. The first kappa shape index (κ1) is 18.0. The van der Waals surface area contributed by atoms with Crippen molar-refractivity contribution in [3.05, 3.63) is 35.9 Å². The quantitative estimate of drug-likeness (QED) is 0.847. The average molecular weight is 303 g/mol. The molecule has 0 aliphatic rings. The lowest BCUT2D eigenvalue weighted by Crippen LogP contribution is -2.41. The van der Waals surface area contributed by atoms with E-state index in [1.165, 1.54) is 0 Å². The lowest BCUT2D eigenvalue weighted by molar-refractivity contribution is 0.0505. The number of ether oxygens (including phenoxy) is 1. The molecular weight excluding hydrogens is 278 g/mol. The molecule has 2 N–H and O–H groups in total. The fraction of sp³-hybridized carbons (Fsp3) is 0.529. The lowest BCUT2D eigenvalue weighted by Gasteiger charge is -2.23. The SMILES string of the molecule is CC(CC(C#N)NCc1ccccc1)NC(=O)OC(C)(C)C. The van der Waals surface area contributed by atoms with Gasteiger partial charge in [0.1, 0.15) is 5.60 Å². The molecule has 1 rings (SSSR count). The van der Waals surface area contributed by atoms with E-state index in [1.807, 2.05) is 58.0 Å². The highest BCUT2D eigenvalue weighted by Crippen LogP contribution is 2.08. The van der Waals surface area contributed by atoms with Gasteiger partial charge >= 0.3 is 6.09 Å². The van der Waals surface area contributed by atoms with Crippen molar-refractivity contribution in [2.45, 2.75) is 58.3 Å². The third-order valence-corrected chi connectivity index (χ3v) is 2.90. The predicted molar refractivity (Wildman–Crippen MR) is 86.1 cm³/mol. The molecule has 0 aliphatic carbocycles. The zero-order valence-electron chi connectivity index (χ0n) is 13.7. The summed E-state index contributed by atoms with van der Waals surface area (Å²) in [7, 11) is 0. The first-order valence-corrected chi connectivity index (χ1v) is 7.46. The van der Waals surface area contributed by atoms with Gasteiger partial charge in [-0.15, -0.1) is 0 Å². The number of hydrogen-bond acceptors (Lipinski definition) is 4. The molecule has 0 saturated heterocycles. The van der Waals surface area contributed by atoms with Gasteiger partial charge in [-0.1, -0.05) is 30.3 Å². The highest BCUT2D eigenvalue weighted by molar-refractivity contribution is 5.68. The second-order valence-electron chi connectivity index (χ2n) is 6.33. The van der Waals surface area contributed by atoms with Crippen LogP contribution in [0.4, 0.5) is 4.79 Å². The number of alkyl carbamates (subject to hydrolysis) is 1. The second kappa shape index (κ2) is 8.40. The summed E-state index contributed by atoms with van der Waals surface area (Å²) in [5.74, 6) is 0. The van der Waals surface area contributed by atoms with E-state index < -0.39 is 11.7 Å². The monoisotopic (exact) mass is 303 g/mol. The molecule has 1 aromatic carbocycles. The van der Waals surface area contributed by atoms with Crippen molar-refractivity contribution in [1.82, 2.24) is 10.6 Å². The summed E-state index contributed by atoms with van der Waals surface area (Å²) in [5.41, 5.74) is 0.597. The van der Waals surface area contributed by atoms with Crippen LogP contribution in [-0.2, 0) is 11.3 Å². The van der Waals surface area contributed by atoms with Crippen molar-refractivity contribution in [2.24, 2.45) is 0 Å². The van der Waals surface area contributed by atoms with E-state index in [9.17, 15) is 10.1 Å². The normalized spacial score (nSPS) is 13.8. The molecule has 0 radical (unpaired) electrons. The zero-order valence-corrected chi connectivity index (χ0v) is 13.7. The molecule has 2 unspecified atom stereocenters. The second-order valence-corrected chi connectivity index (χ2v) is 6.33. The Balaban J connectivity index is 2.39. The van der Waals surface area contributed by atoms with Crippen LogP contribution in [0.3, 0.4) is 0 Å². The van der Waals surface area contributed by atoms with Crippen LogP contribution in [0.15, 0.2) is 30.3 Å². The van der Waals surface area contributed by atoms with Gasteiger partial charge in [0.05, 0.1) is 12.1 Å². The molecule has 1 aromatic rings. The van der Waals surface area contributed by atoms with Gasteiger partial charge in [-0.25, -0.2) is 4.79 Å². The van der Waals surface area contributed by atoms with E-state index in [-0.39, 0.29) is 12.1 Å². The predicted octanol–water partition coefficient (Wildman–Crippen LogP) is 2.97. The number of rotatable bonds is 6. The maximum atomic E-state index is 11.7. The van der Waals surface area contributed by atoms with Crippen molar-refractivity contribution in [3.63, 3.8) is 0 Å². The minimum absolute atomic E-state index is 0.150. The minimum atomic E-state index is -0.524. The van der Waals surface area contributed by atoms with Crippen LogP contribution in [0, 0.1) is 11.3 Å². The van der Waals surface area contributed by atoms with E-state index in [0.29, 0.717) is 13.0 Å². The standard InChI is InChI=1S/C17H25N3O2/c1-13(20-16(21)22-17(2,3)4)10-15(11-18)19-12-14-8-6-5-7-9-14/h5-9,13,15,19H,10,12H2,1-4H3,(H,20,21). The Morgan fingerprint density at radius 2 is 1.95 bits per heavy atom. The average Bonchev–Trinajstić information content (AvgIpc) is 2.42. The van der Waals surface area contributed by atoms with Crippen molar-refractivity contribution in [2.75, 3.05) is 0 Å². The fourth-order valence-electron chi connectivity index (χ4n) is 1.94. The summed E-state index contributed by atoms with van der Waals surface area (Å²) >= 11 is 0. The molecule has 5 heteroatoms. The highest BCUT2D eigenvalue weighted by atomic mass is 16.6. The summed E-state index contributed by atoms with van der Waals surface area (Å²) in [6.07, 6.45) is 0.0579. The van der Waals surface area contributed by atoms with E-state index >= 15 is 0 Å². The number of benzene rings is 1. The number of nitrogens with one attached hydrogen (secondary N) is 2. The van der Waals surface area contributed by atoms with Crippen molar-refractivity contribution < 1.29 is 9.53 Å². The fourth-order valence-corrected chi connectivity index (χ4v) is 1.94. The van der Waals surface area contributed by atoms with Crippen LogP contribution in [0.5, 0.6) is 0 Å². The molecule has 0 bridgehead atoms. The first-order chi connectivity index (χ1) is 10.3. The zero-order chi connectivity index (χ0) is 16.6. The molecule has 0 heterocycles. The van der Waals surface area contributed by atoms with Crippen LogP contribution in [0.25, 0.3) is 0 Å². The molecule has 1 amide bonds. The van der Waals surface area contributed by atoms with Gasteiger partial charge < -0.3 is 10.1 Å². The molecule has 0 aromatic heterocycles. The molecule has 120 valence electrons. The van der Waals surface area contributed by atoms with Gasteiger partial charge in [0.15, 0.2) is 0 Å². The number of carbonyl (C=O) groups is 1. The number of amides is 1. The Labute approximate surface area is 132 Å². The summed E-state index contributed by atoms with van der Waals surface area (Å²) in [4.78, 5) is 11.7. The molecular formula is C17H25N3O2. The number of nitriles is 1. The highest BCUT2D eigenvalue weighted by Gasteiger charge is 2.19. The summed E-state index contributed by atoms with van der Waals surface area (Å²) in [6.45, 7) is 7.93. The van der Waals surface area contributed by atoms with Crippen LogP contribution in [0.2, 0.25) is 0 Å². The van der Waals surface area contributed by atoms with Crippen molar-refractivity contribution in [1.29, 1.82) is 5.26 Å². The molecule has 0 fully saturated rings. The number of nitrogens with zero attached hydrogens (tertiary/aromatic N) is 1. The van der Waals surface area contributed by atoms with Crippen LogP contribution >= 0.6 is 0 Å². The van der Waals surface area contributed by atoms with Gasteiger partial charge in [0.25, 0.3) is 0 Å². The van der Waals surface area contributed by atoms with E-state index in [1.54, 1.807) is 0 Å². The molecule has 2 atom stereocenters. The lowest BCUT2D eigenvalue weighted by atomic mass is 10.1. The summed E-state index contributed by atoms with van der Waals surface area (Å²) in [5, 5.41) is 15.1. The summed E-state index contributed by atoms with van der Waals surface area (Å²) < 4.78 is 5.20. The first-order valence-electron chi connectivity index (χ1n) is 7.46. The topological polar surface area (TPSA) is 74.2 Å². The van der Waals surface area contributed by atoms with Crippen LogP contribution in [-0.4, -0.2) is 23.8 Å². The Hall–Kier alpha value is -2.06. The minimum Gasteiger partial charge on any atom is -0.444 e.